The van der Waals surface area contributed by atoms with Gasteiger partial charge in [-0.3, -0.25) is 9.48 Å². The lowest BCUT2D eigenvalue weighted by molar-refractivity contribution is -0.115. The number of nitrogens with zero attached hydrogens (tertiary/aromatic N) is 2. The van der Waals surface area contributed by atoms with Gasteiger partial charge in [0, 0.05) is 18.9 Å². The predicted octanol–water partition coefficient (Wildman–Crippen LogP) is 2.42. The van der Waals surface area contributed by atoms with E-state index in [0.29, 0.717) is 28.8 Å². The first-order chi connectivity index (χ1) is 9.66. The van der Waals surface area contributed by atoms with Crippen LogP contribution in [0.15, 0.2) is 36.7 Å². The van der Waals surface area contributed by atoms with Crippen molar-refractivity contribution in [3.63, 3.8) is 0 Å². The fraction of sp³-hybridized carbons (Fsp3) is 0.231. The van der Waals surface area contributed by atoms with Crippen LogP contribution < -0.4 is 10.6 Å². The molecule has 7 heteroatoms. The van der Waals surface area contributed by atoms with Crippen molar-refractivity contribution in [2.75, 3.05) is 18.4 Å². The van der Waals surface area contributed by atoms with Gasteiger partial charge in [0.05, 0.1) is 28.8 Å². The number of rotatable bonds is 6. The fourth-order valence-electron chi connectivity index (χ4n) is 1.63. The van der Waals surface area contributed by atoms with E-state index in [2.05, 4.69) is 15.7 Å². The Hall–Kier alpha value is -1.56. The number of nitrogens with one attached hydrogen (secondary N) is 2. The minimum absolute atomic E-state index is 0.183. The van der Waals surface area contributed by atoms with Crippen LogP contribution in [-0.2, 0) is 11.3 Å². The predicted molar refractivity (Wildman–Crippen MR) is 80.2 cm³/mol. The lowest BCUT2D eigenvalue weighted by Crippen LogP contribution is -2.30. The summed E-state index contributed by atoms with van der Waals surface area (Å²) < 4.78 is 1.79. The van der Waals surface area contributed by atoms with Gasteiger partial charge in [0.2, 0.25) is 5.91 Å². The number of hydrogen-bond acceptors (Lipinski definition) is 3. The average molecular weight is 313 g/mol. The number of para-hydroxylation sites is 1. The van der Waals surface area contributed by atoms with E-state index in [-0.39, 0.29) is 12.5 Å². The zero-order valence-corrected chi connectivity index (χ0v) is 12.2. The third-order valence-electron chi connectivity index (χ3n) is 2.59. The highest BCUT2D eigenvalue weighted by Crippen LogP contribution is 2.29. The number of carbonyl (C=O) groups is 1. The zero-order chi connectivity index (χ0) is 14.4. The van der Waals surface area contributed by atoms with Gasteiger partial charge in [-0.1, -0.05) is 29.3 Å². The second-order valence-corrected chi connectivity index (χ2v) is 4.91. The highest BCUT2D eigenvalue weighted by atomic mass is 35.5. The molecule has 0 aliphatic rings. The Bertz CT molecular complexity index is 552. The Labute approximate surface area is 126 Å². The first-order valence-corrected chi connectivity index (χ1v) is 6.84. The molecule has 2 N–H and O–H groups in total. The molecule has 5 nitrogen and oxygen atoms in total. The average Bonchev–Trinajstić information content (AvgIpc) is 2.92. The van der Waals surface area contributed by atoms with Crippen LogP contribution in [0.3, 0.4) is 0 Å². The summed E-state index contributed by atoms with van der Waals surface area (Å²) in [5.74, 6) is -0.194. The quantitative estimate of drug-likeness (QED) is 0.805. The molecule has 1 aromatic heterocycles. The van der Waals surface area contributed by atoms with Gasteiger partial charge >= 0.3 is 0 Å². The van der Waals surface area contributed by atoms with Crippen molar-refractivity contribution < 1.29 is 4.79 Å². The van der Waals surface area contributed by atoms with Crippen LogP contribution in [0.2, 0.25) is 10.0 Å². The van der Waals surface area contributed by atoms with Crippen molar-refractivity contribution in [1.29, 1.82) is 0 Å². The SMILES string of the molecule is O=C(CNCCn1cccn1)Nc1c(Cl)cccc1Cl. The Morgan fingerprint density at radius 2 is 2.00 bits per heavy atom. The maximum atomic E-state index is 11.8. The smallest absolute Gasteiger partial charge is 0.238 e. The van der Waals surface area contributed by atoms with Crippen LogP contribution >= 0.6 is 23.2 Å². The number of halogens is 2. The summed E-state index contributed by atoms with van der Waals surface area (Å²) >= 11 is 11.9. The molecule has 0 fully saturated rings. The molecule has 0 bridgehead atoms. The molecule has 106 valence electrons. The summed E-state index contributed by atoms with van der Waals surface area (Å²) in [5, 5.41) is 10.6. The largest absolute Gasteiger partial charge is 0.322 e. The van der Waals surface area contributed by atoms with Crippen molar-refractivity contribution >= 4 is 34.8 Å². The Morgan fingerprint density at radius 1 is 1.25 bits per heavy atom. The monoisotopic (exact) mass is 312 g/mol. The molecule has 1 heterocycles. The fourth-order valence-corrected chi connectivity index (χ4v) is 2.12. The summed E-state index contributed by atoms with van der Waals surface area (Å²) in [7, 11) is 0. The van der Waals surface area contributed by atoms with E-state index in [4.69, 9.17) is 23.2 Å². The molecule has 0 unspecified atom stereocenters. The third-order valence-corrected chi connectivity index (χ3v) is 3.22. The molecular formula is C13H14Cl2N4O. The molecule has 0 aliphatic carbocycles. The Balaban J connectivity index is 1.75. The van der Waals surface area contributed by atoms with Gasteiger partial charge in [-0.25, -0.2) is 0 Å². The minimum atomic E-state index is -0.194. The van der Waals surface area contributed by atoms with E-state index in [0.717, 1.165) is 0 Å². The van der Waals surface area contributed by atoms with Gasteiger partial charge in [0.15, 0.2) is 0 Å². The van der Waals surface area contributed by atoms with Crippen LogP contribution in [0.1, 0.15) is 0 Å². The first-order valence-electron chi connectivity index (χ1n) is 6.09. The highest BCUT2D eigenvalue weighted by molar-refractivity contribution is 6.39. The molecule has 0 aliphatic heterocycles. The normalized spacial score (nSPS) is 10.5. The summed E-state index contributed by atoms with van der Waals surface area (Å²) in [5.41, 5.74) is 0.440. The van der Waals surface area contributed by atoms with Crippen molar-refractivity contribution in [2.24, 2.45) is 0 Å². The third kappa shape index (κ3) is 4.23. The molecule has 2 rings (SSSR count). The maximum Gasteiger partial charge on any atom is 0.238 e. The van der Waals surface area contributed by atoms with Gasteiger partial charge in [0.25, 0.3) is 0 Å². The minimum Gasteiger partial charge on any atom is -0.322 e. The Kier molecular flexibility index (Phi) is 5.40. The van der Waals surface area contributed by atoms with E-state index in [1.54, 1.807) is 29.1 Å². The topological polar surface area (TPSA) is 59.0 Å². The molecular weight excluding hydrogens is 299 g/mol. The molecule has 2 aromatic rings. The number of anilines is 1. The van der Waals surface area contributed by atoms with Crippen LogP contribution in [0.25, 0.3) is 0 Å². The van der Waals surface area contributed by atoms with E-state index in [9.17, 15) is 4.79 Å². The zero-order valence-electron chi connectivity index (χ0n) is 10.6. The first kappa shape index (κ1) is 14.8. The molecule has 0 saturated carbocycles. The number of benzene rings is 1. The Morgan fingerprint density at radius 3 is 2.65 bits per heavy atom. The van der Waals surface area contributed by atoms with Gasteiger partial charge in [0.1, 0.15) is 0 Å². The van der Waals surface area contributed by atoms with Gasteiger partial charge in [-0.15, -0.1) is 0 Å². The highest BCUT2D eigenvalue weighted by Gasteiger charge is 2.08. The van der Waals surface area contributed by atoms with E-state index in [1.807, 2.05) is 12.3 Å². The second-order valence-electron chi connectivity index (χ2n) is 4.09. The lowest BCUT2D eigenvalue weighted by Gasteiger charge is -2.09. The number of hydrogen-bond donors (Lipinski definition) is 2. The summed E-state index contributed by atoms with van der Waals surface area (Å²) in [6.45, 7) is 1.53. The lowest BCUT2D eigenvalue weighted by atomic mass is 10.3. The van der Waals surface area contributed by atoms with Crippen LogP contribution in [0.4, 0.5) is 5.69 Å². The van der Waals surface area contributed by atoms with Gasteiger partial charge < -0.3 is 10.6 Å². The van der Waals surface area contributed by atoms with Gasteiger partial charge in [-0.05, 0) is 18.2 Å². The molecule has 0 spiro atoms. The van der Waals surface area contributed by atoms with Crippen molar-refractivity contribution in [3.8, 4) is 0 Å². The van der Waals surface area contributed by atoms with Crippen molar-refractivity contribution in [1.82, 2.24) is 15.1 Å². The summed E-state index contributed by atoms with van der Waals surface area (Å²) in [4.78, 5) is 11.8. The summed E-state index contributed by atoms with van der Waals surface area (Å²) in [6, 6.07) is 6.93. The molecule has 1 amide bonds. The molecule has 20 heavy (non-hydrogen) atoms. The molecule has 0 radical (unpaired) electrons. The van der Waals surface area contributed by atoms with Crippen molar-refractivity contribution in [3.05, 3.63) is 46.7 Å². The van der Waals surface area contributed by atoms with E-state index >= 15 is 0 Å². The van der Waals surface area contributed by atoms with E-state index in [1.165, 1.54) is 0 Å². The van der Waals surface area contributed by atoms with Gasteiger partial charge in [-0.2, -0.15) is 5.10 Å². The molecule has 0 atom stereocenters. The van der Waals surface area contributed by atoms with Crippen LogP contribution in [-0.4, -0.2) is 28.8 Å². The maximum absolute atomic E-state index is 11.8. The van der Waals surface area contributed by atoms with Crippen molar-refractivity contribution in [2.45, 2.75) is 6.54 Å². The standard InChI is InChI=1S/C13H14Cl2N4O/c14-10-3-1-4-11(15)13(10)18-12(20)9-16-6-8-19-7-2-5-17-19/h1-5,7,16H,6,8-9H2,(H,18,20). The number of amides is 1. The number of carbonyl (C=O) groups excluding carboxylic acids is 1. The number of aromatic nitrogens is 2. The van der Waals surface area contributed by atoms with E-state index < -0.39 is 0 Å². The second kappa shape index (κ2) is 7.28. The molecule has 0 saturated heterocycles. The molecule has 1 aromatic carbocycles. The van der Waals surface area contributed by atoms with Crippen LogP contribution in [0.5, 0.6) is 0 Å². The van der Waals surface area contributed by atoms with Crippen LogP contribution in [0, 0.1) is 0 Å². The summed E-state index contributed by atoms with van der Waals surface area (Å²) in [6.07, 6.45) is 3.58.